The van der Waals surface area contributed by atoms with Gasteiger partial charge in [0.25, 0.3) is 0 Å². The van der Waals surface area contributed by atoms with E-state index in [0.717, 1.165) is 12.3 Å². The van der Waals surface area contributed by atoms with Crippen LogP contribution in [0.15, 0.2) is 24.3 Å². The van der Waals surface area contributed by atoms with Crippen LogP contribution in [-0.4, -0.2) is 56.2 Å². The molecular weight excluding hydrogens is 262 g/mol. The number of piperidine rings is 1. The Bertz CT molecular complexity index is 421. The first-order valence-corrected chi connectivity index (χ1v) is 7.99. The number of likely N-dealkylation sites (tertiary alicyclic amines) is 1. The van der Waals surface area contributed by atoms with Gasteiger partial charge in [-0.2, -0.15) is 0 Å². The number of nitrogens with two attached hydrogens (primary N) is 1. The fourth-order valence-electron chi connectivity index (χ4n) is 3.22. The maximum atomic E-state index is 6.06. The number of hydrogen-bond donors (Lipinski definition) is 1. The van der Waals surface area contributed by atoms with Gasteiger partial charge in [-0.15, -0.1) is 0 Å². The topological polar surface area (TPSA) is 41.7 Å². The summed E-state index contributed by atoms with van der Waals surface area (Å²) in [6.45, 7) is 5.69. The lowest BCUT2D eigenvalue weighted by molar-refractivity contribution is 0.101. The van der Waals surface area contributed by atoms with E-state index in [-0.39, 0.29) is 6.04 Å². The predicted molar refractivity (Wildman–Crippen MR) is 87.7 cm³/mol. The summed E-state index contributed by atoms with van der Waals surface area (Å²) in [5.74, 6) is 0.928. The third-order valence-electron chi connectivity index (χ3n) is 4.47. The molecule has 4 nitrogen and oxygen atoms in total. The molecule has 0 spiro atoms. The van der Waals surface area contributed by atoms with Crippen molar-refractivity contribution in [1.29, 1.82) is 0 Å². The summed E-state index contributed by atoms with van der Waals surface area (Å²) in [6, 6.07) is 9.24. The van der Waals surface area contributed by atoms with Gasteiger partial charge in [-0.3, -0.25) is 4.90 Å². The number of ether oxygens (including phenoxy) is 1. The highest BCUT2D eigenvalue weighted by atomic mass is 16.5. The lowest BCUT2D eigenvalue weighted by Crippen LogP contribution is -2.47. The molecule has 1 aromatic carbocycles. The van der Waals surface area contributed by atoms with Crippen LogP contribution < -0.4 is 10.5 Å². The molecule has 0 aliphatic carbocycles. The highest BCUT2D eigenvalue weighted by Gasteiger charge is 2.26. The van der Waals surface area contributed by atoms with Crippen molar-refractivity contribution in [3.63, 3.8) is 0 Å². The average molecular weight is 291 g/mol. The molecule has 0 amide bonds. The quantitative estimate of drug-likeness (QED) is 0.871. The van der Waals surface area contributed by atoms with Crippen molar-refractivity contribution in [3.8, 4) is 5.75 Å². The van der Waals surface area contributed by atoms with Gasteiger partial charge >= 0.3 is 0 Å². The van der Waals surface area contributed by atoms with Crippen molar-refractivity contribution in [1.82, 2.24) is 9.80 Å². The minimum absolute atomic E-state index is 0.275. The molecule has 21 heavy (non-hydrogen) atoms. The van der Waals surface area contributed by atoms with Gasteiger partial charge in [0.05, 0.1) is 6.61 Å². The normalized spacial score (nSPS) is 21.5. The van der Waals surface area contributed by atoms with Gasteiger partial charge in [-0.05, 0) is 58.1 Å². The van der Waals surface area contributed by atoms with Gasteiger partial charge in [0.15, 0.2) is 0 Å². The van der Waals surface area contributed by atoms with Crippen LogP contribution >= 0.6 is 0 Å². The molecule has 2 unspecified atom stereocenters. The van der Waals surface area contributed by atoms with Crippen molar-refractivity contribution < 1.29 is 4.74 Å². The number of likely N-dealkylation sites (N-methyl/N-ethyl adjacent to an activating group) is 2. The molecule has 1 aliphatic rings. The Morgan fingerprint density at radius 3 is 2.67 bits per heavy atom. The molecule has 1 fully saturated rings. The molecule has 2 N–H and O–H groups in total. The highest BCUT2D eigenvalue weighted by Crippen LogP contribution is 2.26. The van der Waals surface area contributed by atoms with Crippen molar-refractivity contribution >= 4 is 0 Å². The summed E-state index contributed by atoms with van der Waals surface area (Å²) in [5.41, 5.74) is 7.33. The molecule has 0 bridgehead atoms. The number of benzene rings is 1. The van der Waals surface area contributed by atoms with Gasteiger partial charge in [0.2, 0.25) is 0 Å². The molecule has 1 aromatic rings. The smallest absolute Gasteiger partial charge is 0.119 e. The van der Waals surface area contributed by atoms with Crippen molar-refractivity contribution in [2.75, 3.05) is 40.3 Å². The van der Waals surface area contributed by atoms with E-state index in [4.69, 9.17) is 10.5 Å². The third-order valence-corrected chi connectivity index (χ3v) is 4.47. The SMILES string of the molecule is CCOc1ccc(C(CN)N(C)C2CCCN(C)C2)cc1. The highest BCUT2D eigenvalue weighted by molar-refractivity contribution is 5.29. The second-order valence-corrected chi connectivity index (χ2v) is 5.98. The van der Waals surface area contributed by atoms with E-state index in [9.17, 15) is 0 Å². The van der Waals surface area contributed by atoms with Crippen LogP contribution in [0.1, 0.15) is 31.4 Å². The summed E-state index contributed by atoms with van der Waals surface area (Å²) in [4.78, 5) is 4.86. The van der Waals surface area contributed by atoms with E-state index in [2.05, 4.69) is 36.0 Å². The van der Waals surface area contributed by atoms with Crippen LogP contribution in [0.25, 0.3) is 0 Å². The van der Waals surface area contributed by atoms with E-state index in [1.54, 1.807) is 0 Å². The summed E-state index contributed by atoms with van der Waals surface area (Å²) in [5, 5.41) is 0. The maximum absolute atomic E-state index is 6.06. The molecule has 1 heterocycles. The van der Waals surface area contributed by atoms with Crippen LogP contribution in [0.5, 0.6) is 5.75 Å². The van der Waals surface area contributed by atoms with Crippen molar-refractivity contribution in [2.24, 2.45) is 5.73 Å². The minimum Gasteiger partial charge on any atom is -0.494 e. The predicted octanol–water partition coefficient (Wildman–Crippen LogP) is 2.11. The third kappa shape index (κ3) is 4.19. The average Bonchev–Trinajstić information content (AvgIpc) is 2.50. The fraction of sp³-hybridized carbons (Fsp3) is 0.647. The maximum Gasteiger partial charge on any atom is 0.119 e. The van der Waals surface area contributed by atoms with E-state index < -0.39 is 0 Å². The molecule has 118 valence electrons. The summed E-state index contributed by atoms with van der Waals surface area (Å²) in [6.07, 6.45) is 2.53. The largest absolute Gasteiger partial charge is 0.494 e. The van der Waals surface area contributed by atoms with E-state index in [1.807, 2.05) is 19.1 Å². The standard InChI is InChI=1S/C17H29N3O/c1-4-21-16-9-7-14(8-10-16)17(12-18)20(3)15-6-5-11-19(2)13-15/h7-10,15,17H,4-6,11-13,18H2,1-3H3. The lowest BCUT2D eigenvalue weighted by Gasteiger charge is -2.40. The molecule has 2 atom stereocenters. The van der Waals surface area contributed by atoms with Gasteiger partial charge in [0.1, 0.15) is 5.75 Å². The monoisotopic (exact) mass is 291 g/mol. The van der Waals surface area contributed by atoms with Crippen LogP contribution in [-0.2, 0) is 0 Å². The molecule has 0 radical (unpaired) electrons. The Hall–Kier alpha value is -1.10. The number of rotatable bonds is 6. The summed E-state index contributed by atoms with van der Waals surface area (Å²) in [7, 11) is 4.41. The Kier molecular flexibility index (Phi) is 6.03. The van der Waals surface area contributed by atoms with Gasteiger partial charge in [-0.1, -0.05) is 12.1 Å². The Morgan fingerprint density at radius 1 is 1.38 bits per heavy atom. The van der Waals surface area contributed by atoms with Crippen LogP contribution in [0, 0.1) is 0 Å². The van der Waals surface area contributed by atoms with Crippen LogP contribution in [0.2, 0.25) is 0 Å². The van der Waals surface area contributed by atoms with Gasteiger partial charge in [0, 0.05) is 25.2 Å². The number of nitrogens with zero attached hydrogens (tertiary/aromatic N) is 2. The lowest BCUT2D eigenvalue weighted by atomic mass is 9.99. The van der Waals surface area contributed by atoms with E-state index in [1.165, 1.54) is 24.9 Å². The van der Waals surface area contributed by atoms with Gasteiger partial charge in [-0.25, -0.2) is 0 Å². The first kappa shape index (κ1) is 16.3. The molecule has 0 saturated carbocycles. The Balaban J connectivity index is 2.06. The summed E-state index contributed by atoms with van der Waals surface area (Å²) >= 11 is 0. The fourth-order valence-corrected chi connectivity index (χ4v) is 3.22. The van der Waals surface area contributed by atoms with Crippen LogP contribution in [0.4, 0.5) is 0 Å². The van der Waals surface area contributed by atoms with E-state index >= 15 is 0 Å². The molecule has 4 heteroatoms. The molecule has 1 saturated heterocycles. The van der Waals surface area contributed by atoms with Gasteiger partial charge < -0.3 is 15.4 Å². The molecular formula is C17H29N3O. The first-order chi connectivity index (χ1) is 10.2. The zero-order valence-electron chi connectivity index (χ0n) is 13.6. The molecule has 2 rings (SSSR count). The Labute approximate surface area is 128 Å². The first-order valence-electron chi connectivity index (χ1n) is 7.99. The molecule has 1 aliphatic heterocycles. The minimum atomic E-state index is 0.275. The van der Waals surface area contributed by atoms with E-state index in [0.29, 0.717) is 19.2 Å². The zero-order chi connectivity index (χ0) is 15.2. The summed E-state index contributed by atoms with van der Waals surface area (Å²) < 4.78 is 5.51. The Morgan fingerprint density at radius 2 is 2.10 bits per heavy atom. The second kappa shape index (κ2) is 7.78. The zero-order valence-corrected chi connectivity index (χ0v) is 13.6. The number of hydrogen-bond acceptors (Lipinski definition) is 4. The second-order valence-electron chi connectivity index (χ2n) is 5.98. The van der Waals surface area contributed by atoms with Crippen molar-refractivity contribution in [2.45, 2.75) is 31.8 Å². The van der Waals surface area contributed by atoms with Crippen LogP contribution in [0.3, 0.4) is 0 Å². The molecule has 0 aromatic heterocycles. The van der Waals surface area contributed by atoms with Crippen molar-refractivity contribution in [3.05, 3.63) is 29.8 Å².